The van der Waals surface area contributed by atoms with E-state index in [1.165, 1.54) is 34.2 Å². The third-order valence-corrected chi connectivity index (χ3v) is 7.23. The highest BCUT2D eigenvalue weighted by Crippen LogP contribution is 2.33. The maximum Gasteiger partial charge on any atom is 0.263 e. The van der Waals surface area contributed by atoms with E-state index in [1.54, 1.807) is 11.6 Å². The van der Waals surface area contributed by atoms with Crippen molar-refractivity contribution in [3.8, 4) is 11.1 Å². The second kappa shape index (κ2) is 8.36. The van der Waals surface area contributed by atoms with Crippen molar-refractivity contribution in [2.75, 3.05) is 18.6 Å². The molecule has 9 heteroatoms. The SMILES string of the molecule is Cc1ccc(-c2csc3nc(SCCCNS(C)(=O)=O)n(C)c(=O)c23)cc1C. The molecular weight excluding hydrogens is 414 g/mol. The maximum atomic E-state index is 13.0. The number of rotatable bonds is 7. The number of thioether (sulfide) groups is 1. The van der Waals surface area contributed by atoms with Crippen molar-refractivity contribution >= 4 is 43.3 Å². The molecule has 0 radical (unpaired) electrons. The van der Waals surface area contributed by atoms with Gasteiger partial charge in [-0.15, -0.1) is 11.3 Å². The fourth-order valence-corrected chi connectivity index (χ4v) is 5.21. The first kappa shape index (κ1) is 21.0. The van der Waals surface area contributed by atoms with Crippen molar-refractivity contribution < 1.29 is 8.42 Å². The summed E-state index contributed by atoms with van der Waals surface area (Å²) in [6.45, 7) is 4.51. The van der Waals surface area contributed by atoms with Crippen LogP contribution in [0.15, 0.2) is 33.5 Å². The van der Waals surface area contributed by atoms with E-state index in [-0.39, 0.29) is 5.56 Å². The number of fused-ring (bicyclic) bond motifs is 1. The van der Waals surface area contributed by atoms with Crippen molar-refractivity contribution in [3.63, 3.8) is 0 Å². The molecule has 0 atom stereocenters. The lowest BCUT2D eigenvalue weighted by Crippen LogP contribution is -2.23. The molecule has 3 rings (SSSR count). The fraction of sp³-hybridized carbons (Fsp3) is 0.368. The van der Waals surface area contributed by atoms with Crippen LogP contribution in [0.5, 0.6) is 0 Å². The molecule has 0 bridgehead atoms. The highest BCUT2D eigenvalue weighted by molar-refractivity contribution is 7.99. The molecule has 6 nitrogen and oxygen atoms in total. The average Bonchev–Trinajstić information content (AvgIpc) is 3.04. The molecule has 0 unspecified atom stereocenters. The van der Waals surface area contributed by atoms with Gasteiger partial charge in [0.2, 0.25) is 10.0 Å². The molecule has 0 aliphatic carbocycles. The summed E-state index contributed by atoms with van der Waals surface area (Å²) in [4.78, 5) is 18.4. The van der Waals surface area contributed by atoms with E-state index in [0.29, 0.717) is 29.3 Å². The van der Waals surface area contributed by atoms with Crippen LogP contribution < -0.4 is 10.3 Å². The van der Waals surface area contributed by atoms with Gasteiger partial charge in [-0.25, -0.2) is 18.1 Å². The summed E-state index contributed by atoms with van der Waals surface area (Å²) in [6.07, 6.45) is 1.80. The van der Waals surface area contributed by atoms with Gasteiger partial charge in [0.25, 0.3) is 5.56 Å². The second-order valence-electron chi connectivity index (χ2n) is 6.76. The van der Waals surface area contributed by atoms with Gasteiger partial charge in [0.15, 0.2) is 5.16 Å². The Morgan fingerprint density at radius 2 is 2.00 bits per heavy atom. The first-order valence-electron chi connectivity index (χ1n) is 8.80. The zero-order valence-corrected chi connectivity index (χ0v) is 18.7. The molecule has 150 valence electrons. The normalized spacial score (nSPS) is 12.0. The van der Waals surface area contributed by atoms with Crippen molar-refractivity contribution in [2.24, 2.45) is 7.05 Å². The maximum absolute atomic E-state index is 13.0. The number of hydrogen-bond acceptors (Lipinski definition) is 6. The number of hydrogen-bond donors (Lipinski definition) is 1. The molecule has 0 aliphatic rings. The molecule has 0 aliphatic heterocycles. The van der Waals surface area contributed by atoms with Gasteiger partial charge in [0, 0.05) is 30.3 Å². The molecule has 28 heavy (non-hydrogen) atoms. The zero-order chi connectivity index (χ0) is 20.5. The van der Waals surface area contributed by atoms with Gasteiger partial charge >= 0.3 is 0 Å². The van der Waals surface area contributed by atoms with E-state index in [9.17, 15) is 13.2 Å². The topological polar surface area (TPSA) is 81.1 Å². The molecule has 0 saturated carbocycles. The molecular formula is C19H23N3O3S3. The summed E-state index contributed by atoms with van der Waals surface area (Å²) in [7, 11) is -1.44. The first-order valence-corrected chi connectivity index (χ1v) is 12.6. The van der Waals surface area contributed by atoms with Crippen molar-refractivity contribution in [3.05, 3.63) is 45.1 Å². The predicted molar refractivity (Wildman–Crippen MR) is 118 cm³/mol. The van der Waals surface area contributed by atoms with Crippen LogP contribution in [0.2, 0.25) is 0 Å². The quantitative estimate of drug-likeness (QED) is 0.348. The van der Waals surface area contributed by atoms with Crippen molar-refractivity contribution in [1.82, 2.24) is 14.3 Å². The van der Waals surface area contributed by atoms with Crippen LogP contribution in [0.4, 0.5) is 0 Å². The molecule has 1 aromatic carbocycles. The number of benzene rings is 1. The van der Waals surface area contributed by atoms with Gasteiger partial charge in [-0.2, -0.15) is 0 Å². The summed E-state index contributed by atoms with van der Waals surface area (Å²) in [5, 5.41) is 3.29. The Morgan fingerprint density at radius 1 is 1.25 bits per heavy atom. The highest BCUT2D eigenvalue weighted by atomic mass is 32.2. The van der Waals surface area contributed by atoms with Crippen LogP contribution in [0.1, 0.15) is 17.5 Å². The van der Waals surface area contributed by atoms with Gasteiger partial charge < -0.3 is 0 Å². The summed E-state index contributed by atoms with van der Waals surface area (Å²) >= 11 is 2.93. The monoisotopic (exact) mass is 437 g/mol. The Morgan fingerprint density at radius 3 is 2.68 bits per heavy atom. The average molecular weight is 438 g/mol. The lowest BCUT2D eigenvalue weighted by atomic mass is 10.0. The standard InChI is InChI=1S/C19H23N3O3S3/c1-12-6-7-14(10-13(12)2)15-11-27-17-16(15)18(23)22(3)19(21-17)26-9-5-8-20-28(4,24)25/h6-7,10-11,20H,5,8-9H2,1-4H3. The highest BCUT2D eigenvalue weighted by Gasteiger charge is 2.16. The summed E-state index contributed by atoms with van der Waals surface area (Å²) in [5.74, 6) is 0.670. The minimum absolute atomic E-state index is 0.0590. The fourth-order valence-electron chi connectivity index (χ4n) is 2.80. The molecule has 1 N–H and O–H groups in total. The third-order valence-electron chi connectivity index (χ3n) is 4.51. The predicted octanol–water partition coefficient (Wildman–Crippen LogP) is 3.31. The molecule has 0 saturated heterocycles. The van der Waals surface area contributed by atoms with E-state index in [2.05, 4.69) is 35.7 Å². The molecule has 3 aromatic rings. The van der Waals surface area contributed by atoms with E-state index >= 15 is 0 Å². The molecule has 0 amide bonds. The zero-order valence-electron chi connectivity index (χ0n) is 16.3. The van der Waals surface area contributed by atoms with Crippen molar-refractivity contribution in [2.45, 2.75) is 25.4 Å². The Balaban J connectivity index is 1.86. The Hall–Kier alpha value is -1.68. The van der Waals surface area contributed by atoms with Crippen LogP contribution >= 0.6 is 23.1 Å². The van der Waals surface area contributed by atoms with E-state index in [0.717, 1.165) is 22.2 Å². The number of thiophene rings is 1. The lowest BCUT2D eigenvalue weighted by molar-refractivity contribution is 0.587. The van der Waals surface area contributed by atoms with E-state index < -0.39 is 10.0 Å². The van der Waals surface area contributed by atoms with Gasteiger partial charge in [-0.3, -0.25) is 9.36 Å². The van der Waals surface area contributed by atoms with E-state index in [1.807, 2.05) is 11.4 Å². The largest absolute Gasteiger partial charge is 0.290 e. The minimum Gasteiger partial charge on any atom is -0.290 e. The van der Waals surface area contributed by atoms with E-state index in [4.69, 9.17) is 0 Å². The molecule has 2 heterocycles. The third kappa shape index (κ3) is 4.65. The Bertz CT molecular complexity index is 1180. The van der Waals surface area contributed by atoms with Gasteiger partial charge in [-0.05, 0) is 37.0 Å². The van der Waals surface area contributed by atoms with Crippen molar-refractivity contribution in [1.29, 1.82) is 0 Å². The summed E-state index contributed by atoms with van der Waals surface area (Å²) < 4.78 is 26.2. The van der Waals surface area contributed by atoms with Crippen LogP contribution in [-0.4, -0.2) is 36.5 Å². The Labute approximate surface area is 173 Å². The number of nitrogens with zero attached hydrogens (tertiary/aromatic N) is 2. The number of aromatic nitrogens is 2. The molecule has 0 fully saturated rings. The molecule has 0 spiro atoms. The number of aryl methyl sites for hydroxylation is 2. The minimum atomic E-state index is -3.17. The van der Waals surface area contributed by atoms with Gasteiger partial charge in [0.1, 0.15) is 4.83 Å². The van der Waals surface area contributed by atoms with Gasteiger partial charge in [-0.1, -0.05) is 30.0 Å². The number of sulfonamides is 1. The Kier molecular flexibility index (Phi) is 6.28. The second-order valence-corrected chi connectivity index (χ2v) is 10.5. The summed E-state index contributed by atoms with van der Waals surface area (Å²) in [5.41, 5.74) is 4.30. The van der Waals surface area contributed by atoms with Crippen LogP contribution in [-0.2, 0) is 17.1 Å². The van der Waals surface area contributed by atoms with Gasteiger partial charge in [0.05, 0.1) is 11.6 Å². The number of nitrogens with one attached hydrogen (secondary N) is 1. The van der Waals surface area contributed by atoms with Crippen LogP contribution in [0, 0.1) is 13.8 Å². The lowest BCUT2D eigenvalue weighted by Gasteiger charge is -2.09. The van der Waals surface area contributed by atoms with Crippen LogP contribution in [0.25, 0.3) is 21.3 Å². The first-order chi connectivity index (χ1) is 13.2. The smallest absolute Gasteiger partial charge is 0.263 e. The van der Waals surface area contributed by atoms with Crippen LogP contribution in [0.3, 0.4) is 0 Å². The molecule has 2 aromatic heterocycles. The summed E-state index contributed by atoms with van der Waals surface area (Å²) in [6, 6.07) is 6.22.